The molecule has 0 bridgehead atoms. The molecule has 106 valence electrons. The van der Waals surface area contributed by atoms with Crippen LogP contribution in [0.4, 0.5) is 14.5 Å². The van der Waals surface area contributed by atoms with E-state index >= 15 is 0 Å². The fraction of sp³-hybridized carbons (Fsp3) is 0.455. The number of rotatable bonds is 7. The second-order valence-electron chi connectivity index (χ2n) is 3.89. The van der Waals surface area contributed by atoms with Crippen molar-refractivity contribution in [2.24, 2.45) is 0 Å². The molecule has 0 atom stereocenters. The third-order valence-electron chi connectivity index (χ3n) is 2.43. The van der Waals surface area contributed by atoms with E-state index in [0.29, 0.717) is 10.0 Å². The molecular formula is C11H13BrF2N2O3. The maximum absolute atomic E-state index is 12.3. The Morgan fingerprint density at radius 2 is 2.16 bits per heavy atom. The zero-order chi connectivity index (χ0) is 14.4. The number of aliphatic hydroxyl groups is 1. The Morgan fingerprint density at radius 1 is 1.47 bits per heavy atom. The summed E-state index contributed by atoms with van der Waals surface area (Å²) in [6, 6.07) is 4.46. The molecule has 0 amide bonds. The van der Waals surface area contributed by atoms with E-state index in [1.807, 2.05) is 0 Å². The van der Waals surface area contributed by atoms with Crippen molar-refractivity contribution in [3.8, 4) is 0 Å². The van der Waals surface area contributed by atoms with E-state index in [9.17, 15) is 18.9 Å². The molecule has 0 aromatic heterocycles. The van der Waals surface area contributed by atoms with Gasteiger partial charge >= 0.3 is 0 Å². The Bertz CT molecular complexity index is 446. The van der Waals surface area contributed by atoms with Crippen LogP contribution in [0.25, 0.3) is 0 Å². The lowest BCUT2D eigenvalue weighted by Gasteiger charge is -2.20. The van der Waals surface area contributed by atoms with Crippen LogP contribution in [0.2, 0.25) is 0 Å². The third-order valence-corrected chi connectivity index (χ3v) is 3.10. The Morgan fingerprint density at radius 3 is 2.68 bits per heavy atom. The van der Waals surface area contributed by atoms with Gasteiger partial charge in [-0.05, 0) is 27.6 Å². The largest absolute Gasteiger partial charge is 0.395 e. The number of nitrogens with zero attached hydrogens (tertiary/aromatic N) is 2. The van der Waals surface area contributed by atoms with Gasteiger partial charge in [-0.2, -0.15) is 0 Å². The van der Waals surface area contributed by atoms with Crippen molar-refractivity contribution in [3.63, 3.8) is 0 Å². The quantitative estimate of drug-likeness (QED) is 0.612. The van der Waals surface area contributed by atoms with Crippen LogP contribution < -0.4 is 0 Å². The van der Waals surface area contributed by atoms with Crippen molar-refractivity contribution in [2.45, 2.75) is 13.0 Å². The van der Waals surface area contributed by atoms with E-state index < -0.39 is 17.9 Å². The highest BCUT2D eigenvalue weighted by Gasteiger charge is 2.16. The van der Waals surface area contributed by atoms with Crippen molar-refractivity contribution in [1.82, 2.24) is 4.90 Å². The summed E-state index contributed by atoms with van der Waals surface area (Å²) in [4.78, 5) is 11.6. The van der Waals surface area contributed by atoms with E-state index in [4.69, 9.17) is 5.11 Å². The Balaban J connectivity index is 2.84. The molecule has 0 aliphatic heterocycles. The number of alkyl halides is 2. The number of halogens is 3. The van der Waals surface area contributed by atoms with Gasteiger partial charge in [-0.15, -0.1) is 0 Å². The summed E-state index contributed by atoms with van der Waals surface area (Å²) in [5.41, 5.74) is 0.433. The van der Waals surface area contributed by atoms with E-state index in [1.165, 1.54) is 17.0 Å². The van der Waals surface area contributed by atoms with Gasteiger partial charge in [-0.25, -0.2) is 8.78 Å². The molecular weight excluding hydrogens is 326 g/mol. The Hall–Kier alpha value is -1.12. The summed E-state index contributed by atoms with van der Waals surface area (Å²) in [5, 5.41) is 19.6. The molecule has 1 N–H and O–H groups in total. The minimum absolute atomic E-state index is 0.0915. The molecule has 5 nitrogen and oxygen atoms in total. The Labute approximate surface area is 117 Å². The van der Waals surface area contributed by atoms with Crippen LogP contribution in [-0.4, -0.2) is 41.1 Å². The molecule has 0 fully saturated rings. The van der Waals surface area contributed by atoms with Crippen molar-refractivity contribution in [2.75, 3.05) is 19.7 Å². The maximum atomic E-state index is 12.3. The van der Waals surface area contributed by atoms with Gasteiger partial charge in [0, 0.05) is 19.2 Å². The van der Waals surface area contributed by atoms with E-state index in [1.54, 1.807) is 6.07 Å². The topological polar surface area (TPSA) is 66.6 Å². The second-order valence-corrected chi connectivity index (χ2v) is 4.75. The first-order valence-corrected chi connectivity index (χ1v) is 6.27. The molecule has 0 radical (unpaired) electrons. The van der Waals surface area contributed by atoms with Gasteiger partial charge in [0.05, 0.1) is 22.5 Å². The monoisotopic (exact) mass is 338 g/mol. The minimum Gasteiger partial charge on any atom is -0.395 e. The summed E-state index contributed by atoms with van der Waals surface area (Å²) >= 11 is 3.05. The summed E-state index contributed by atoms with van der Waals surface area (Å²) in [5.74, 6) is 0. The highest BCUT2D eigenvalue weighted by Crippen LogP contribution is 2.26. The van der Waals surface area contributed by atoms with Crippen LogP contribution >= 0.6 is 15.9 Å². The molecule has 0 aliphatic rings. The lowest BCUT2D eigenvalue weighted by molar-refractivity contribution is -0.385. The zero-order valence-corrected chi connectivity index (χ0v) is 11.5. The van der Waals surface area contributed by atoms with Crippen molar-refractivity contribution >= 4 is 21.6 Å². The predicted molar refractivity (Wildman–Crippen MR) is 69.2 cm³/mol. The molecule has 0 saturated heterocycles. The summed E-state index contributed by atoms with van der Waals surface area (Å²) in [6.45, 7) is -0.511. The molecule has 0 unspecified atom stereocenters. The maximum Gasteiger partial charge on any atom is 0.283 e. The summed E-state index contributed by atoms with van der Waals surface area (Å²) in [7, 11) is 0. The van der Waals surface area contributed by atoms with Crippen LogP contribution in [0.1, 0.15) is 5.56 Å². The molecule has 0 aliphatic carbocycles. The predicted octanol–water partition coefficient (Wildman–Crippen LogP) is 2.42. The first-order valence-electron chi connectivity index (χ1n) is 5.48. The van der Waals surface area contributed by atoms with Crippen LogP contribution in [0.5, 0.6) is 0 Å². The minimum atomic E-state index is -2.52. The average molecular weight is 339 g/mol. The number of hydrogen-bond donors (Lipinski definition) is 1. The number of hydrogen-bond acceptors (Lipinski definition) is 4. The first kappa shape index (κ1) is 15.9. The first-order chi connectivity index (χ1) is 8.93. The molecule has 1 aromatic rings. The van der Waals surface area contributed by atoms with E-state index in [2.05, 4.69) is 15.9 Å². The number of aliphatic hydroxyl groups excluding tert-OH is 1. The number of benzene rings is 1. The standard InChI is InChI=1S/C11H13BrF2N2O3/c12-9-2-1-8(5-10(9)16(18)19)6-15(3-4-17)7-11(13)14/h1-2,5,11,17H,3-4,6-7H2. The average Bonchev–Trinajstić information content (AvgIpc) is 2.30. The number of nitro groups is 1. The van der Waals surface area contributed by atoms with Gasteiger partial charge in [-0.3, -0.25) is 15.0 Å². The lowest BCUT2D eigenvalue weighted by Crippen LogP contribution is -2.31. The van der Waals surface area contributed by atoms with Crippen LogP contribution in [0.3, 0.4) is 0 Å². The molecule has 0 spiro atoms. The zero-order valence-electron chi connectivity index (χ0n) is 9.93. The van der Waals surface area contributed by atoms with Gasteiger partial charge in [0.2, 0.25) is 0 Å². The van der Waals surface area contributed by atoms with E-state index in [-0.39, 0.29) is 25.4 Å². The van der Waals surface area contributed by atoms with Gasteiger partial charge in [0.1, 0.15) is 0 Å². The fourth-order valence-corrected chi connectivity index (χ4v) is 2.02. The smallest absolute Gasteiger partial charge is 0.283 e. The Kier molecular flexibility index (Phi) is 6.26. The van der Waals surface area contributed by atoms with Gasteiger partial charge < -0.3 is 5.11 Å². The van der Waals surface area contributed by atoms with Crippen LogP contribution in [-0.2, 0) is 6.54 Å². The lowest BCUT2D eigenvalue weighted by atomic mass is 10.2. The molecule has 19 heavy (non-hydrogen) atoms. The van der Waals surface area contributed by atoms with Crippen LogP contribution in [0, 0.1) is 10.1 Å². The molecule has 0 heterocycles. The summed E-state index contributed by atoms with van der Waals surface area (Å²) in [6.07, 6.45) is -2.52. The van der Waals surface area contributed by atoms with E-state index in [0.717, 1.165) is 0 Å². The third kappa shape index (κ3) is 5.17. The van der Waals surface area contributed by atoms with Crippen molar-refractivity contribution in [3.05, 3.63) is 38.3 Å². The SMILES string of the molecule is O=[N+]([O-])c1cc(CN(CCO)CC(F)F)ccc1Br. The van der Waals surface area contributed by atoms with Crippen molar-refractivity contribution < 1.29 is 18.8 Å². The molecule has 8 heteroatoms. The second kappa shape index (κ2) is 7.46. The van der Waals surface area contributed by atoms with Gasteiger partial charge in [0.15, 0.2) is 0 Å². The fourth-order valence-electron chi connectivity index (χ4n) is 1.63. The molecule has 1 rings (SSSR count). The highest BCUT2D eigenvalue weighted by atomic mass is 79.9. The van der Waals surface area contributed by atoms with Crippen molar-refractivity contribution in [1.29, 1.82) is 0 Å². The normalized spacial score (nSPS) is 11.3. The summed E-state index contributed by atoms with van der Waals surface area (Å²) < 4.78 is 25.0. The molecule has 1 aromatic carbocycles. The molecule has 0 saturated carbocycles. The van der Waals surface area contributed by atoms with Crippen LogP contribution in [0.15, 0.2) is 22.7 Å². The number of nitro benzene ring substituents is 1. The van der Waals surface area contributed by atoms with Gasteiger partial charge in [0.25, 0.3) is 12.1 Å². The van der Waals surface area contributed by atoms with Gasteiger partial charge in [-0.1, -0.05) is 6.07 Å². The highest BCUT2D eigenvalue weighted by molar-refractivity contribution is 9.10.